The summed E-state index contributed by atoms with van der Waals surface area (Å²) >= 11 is 0. The van der Waals surface area contributed by atoms with Crippen molar-refractivity contribution in [1.29, 1.82) is 0 Å². The number of fused-ring (bicyclic) bond motifs is 1. The third-order valence-electron chi connectivity index (χ3n) is 6.63. The smallest absolute Gasteiger partial charge is 0.254 e. The van der Waals surface area contributed by atoms with Gasteiger partial charge in [-0.25, -0.2) is 4.98 Å². The molecule has 2 heterocycles. The number of aromatic amines is 1. The second-order valence-electron chi connectivity index (χ2n) is 8.35. The van der Waals surface area contributed by atoms with Crippen LogP contribution in [-0.2, 0) is 19.5 Å². The molecule has 0 bridgehead atoms. The van der Waals surface area contributed by atoms with Crippen molar-refractivity contribution in [2.24, 2.45) is 0 Å². The van der Waals surface area contributed by atoms with Gasteiger partial charge in [0.05, 0.1) is 12.8 Å². The first-order valence-electron chi connectivity index (χ1n) is 10.5. The number of ether oxygens (including phenoxy) is 1. The lowest BCUT2D eigenvalue weighted by molar-refractivity contribution is 0.239. The molecule has 1 N–H and O–H groups in total. The highest BCUT2D eigenvalue weighted by molar-refractivity contribution is 5.43. The maximum absolute atomic E-state index is 12.6. The molecule has 4 rings (SSSR count). The lowest BCUT2D eigenvalue weighted by atomic mass is 9.88. The zero-order chi connectivity index (χ0) is 19.7. The molecule has 0 atom stereocenters. The van der Waals surface area contributed by atoms with Gasteiger partial charge in [0, 0.05) is 31.1 Å². The second kappa shape index (κ2) is 8.08. The van der Waals surface area contributed by atoms with Crippen molar-refractivity contribution < 1.29 is 4.74 Å². The number of methoxy groups -OCH3 is 1. The Bertz CT molecular complexity index is 913. The van der Waals surface area contributed by atoms with Crippen molar-refractivity contribution in [1.82, 2.24) is 14.9 Å². The van der Waals surface area contributed by atoms with Gasteiger partial charge in [0.1, 0.15) is 11.6 Å². The van der Waals surface area contributed by atoms with Crippen LogP contribution in [-0.4, -0.2) is 28.5 Å². The number of hydrogen-bond acceptors (Lipinski definition) is 4. The molecule has 0 saturated heterocycles. The van der Waals surface area contributed by atoms with Gasteiger partial charge in [0.25, 0.3) is 5.56 Å². The number of H-pyrrole nitrogens is 1. The van der Waals surface area contributed by atoms with Crippen LogP contribution in [0.3, 0.4) is 0 Å². The van der Waals surface area contributed by atoms with E-state index < -0.39 is 0 Å². The molecule has 0 unspecified atom stereocenters. The molecular formula is C23H31N3O2. The van der Waals surface area contributed by atoms with Gasteiger partial charge in [-0.1, -0.05) is 25.3 Å². The van der Waals surface area contributed by atoms with Crippen molar-refractivity contribution in [3.8, 4) is 5.75 Å². The molecular weight excluding hydrogens is 350 g/mol. The Morgan fingerprint density at radius 2 is 1.96 bits per heavy atom. The topological polar surface area (TPSA) is 58.2 Å². The minimum Gasteiger partial charge on any atom is -0.496 e. The molecule has 5 nitrogen and oxygen atoms in total. The van der Waals surface area contributed by atoms with Crippen LogP contribution in [0.4, 0.5) is 0 Å². The normalized spacial score (nSPS) is 18.1. The molecule has 1 aromatic heterocycles. The van der Waals surface area contributed by atoms with Crippen LogP contribution < -0.4 is 10.3 Å². The van der Waals surface area contributed by atoms with E-state index >= 15 is 0 Å². The Balaban J connectivity index is 1.55. The summed E-state index contributed by atoms with van der Waals surface area (Å²) in [5.74, 6) is 2.28. The lowest BCUT2D eigenvalue weighted by Gasteiger charge is -2.29. The van der Waals surface area contributed by atoms with Crippen molar-refractivity contribution in [2.75, 3.05) is 13.7 Å². The second-order valence-corrected chi connectivity index (χ2v) is 8.35. The zero-order valence-corrected chi connectivity index (χ0v) is 17.3. The van der Waals surface area contributed by atoms with Crippen LogP contribution in [0.1, 0.15) is 71.8 Å². The van der Waals surface area contributed by atoms with Gasteiger partial charge in [0.2, 0.25) is 0 Å². The molecule has 1 aliphatic carbocycles. The summed E-state index contributed by atoms with van der Waals surface area (Å²) in [6.07, 6.45) is 6.86. The average molecular weight is 382 g/mol. The molecule has 150 valence electrons. The van der Waals surface area contributed by atoms with E-state index in [1.54, 1.807) is 7.11 Å². The van der Waals surface area contributed by atoms with Gasteiger partial charge >= 0.3 is 0 Å². The number of nitrogens with one attached hydrogen (secondary N) is 1. The van der Waals surface area contributed by atoms with Gasteiger partial charge in [-0.2, -0.15) is 0 Å². The van der Waals surface area contributed by atoms with Crippen molar-refractivity contribution >= 4 is 0 Å². The van der Waals surface area contributed by atoms with E-state index in [1.807, 2.05) is 0 Å². The van der Waals surface area contributed by atoms with Crippen molar-refractivity contribution in [2.45, 2.75) is 71.4 Å². The van der Waals surface area contributed by atoms with E-state index in [4.69, 9.17) is 9.72 Å². The van der Waals surface area contributed by atoms with Gasteiger partial charge in [-0.3, -0.25) is 9.69 Å². The number of benzene rings is 1. The summed E-state index contributed by atoms with van der Waals surface area (Å²) in [7, 11) is 1.72. The predicted molar refractivity (Wildman–Crippen MR) is 111 cm³/mol. The SMILES string of the molecule is COc1ccc(CN2CCc3c(nc(C4CCCCC4)[nH]c3=O)C2)c(C)c1C. The van der Waals surface area contributed by atoms with E-state index in [-0.39, 0.29) is 5.56 Å². The predicted octanol–water partition coefficient (Wildman–Crippen LogP) is 4.00. The van der Waals surface area contributed by atoms with E-state index in [0.717, 1.165) is 61.7 Å². The summed E-state index contributed by atoms with van der Waals surface area (Å²) in [5.41, 5.74) is 5.76. The van der Waals surface area contributed by atoms with Gasteiger partial charge in [-0.05, 0) is 55.9 Å². The fraction of sp³-hybridized carbons (Fsp3) is 0.565. The number of nitrogens with zero attached hydrogens (tertiary/aromatic N) is 2. The van der Waals surface area contributed by atoms with E-state index in [1.165, 1.54) is 36.0 Å². The van der Waals surface area contributed by atoms with Crippen LogP contribution >= 0.6 is 0 Å². The molecule has 1 saturated carbocycles. The Labute approximate surface area is 167 Å². The standard InChI is InChI=1S/C23H31N3O2/c1-15-16(2)21(28-3)10-9-18(15)13-26-12-11-19-20(14-26)24-22(25-23(19)27)17-7-5-4-6-8-17/h9-10,17H,4-8,11-14H2,1-3H3,(H,24,25,27). The van der Waals surface area contributed by atoms with Crippen molar-refractivity contribution in [3.63, 3.8) is 0 Å². The molecule has 0 amide bonds. The summed E-state index contributed by atoms with van der Waals surface area (Å²) in [5, 5.41) is 0. The van der Waals surface area contributed by atoms with E-state index in [0.29, 0.717) is 5.92 Å². The summed E-state index contributed by atoms with van der Waals surface area (Å²) < 4.78 is 5.44. The van der Waals surface area contributed by atoms with E-state index in [2.05, 4.69) is 35.9 Å². The summed E-state index contributed by atoms with van der Waals surface area (Å²) in [6, 6.07) is 4.22. The molecule has 0 spiro atoms. The molecule has 2 aromatic rings. The van der Waals surface area contributed by atoms with Crippen LogP contribution in [0.25, 0.3) is 0 Å². The highest BCUT2D eigenvalue weighted by Gasteiger charge is 2.25. The summed E-state index contributed by atoms with van der Waals surface area (Å²) in [6.45, 7) is 6.80. The number of aromatic nitrogens is 2. The van der Waals surface area contributed by atoms with Crippen LogP contribution in [0.5, 0.6) is 5.75 Å². The van der Waals surface area contributed by atoms with Crippen LogP contribution in [0.2, 0.25) is 0 Å². The number of hydrogen-bond donors (Lipinski definition) is 1. The summed E-state index contributed by atoms with van der Waals surface area (Å²) in [4.78, 5) is 23.1. The number of rotatable bonds is 4. The average Bonchev–Trinajstić information content (AvgIpc) is 2.72. The largest absolute Gasteiger partial charge is 0.496 e. The first-order valence-corrected chi connectivity index (χ1v) is 10.5. The first-order chi connectivity index (χ1) is 13.6. The van der Waals surface area contributed by atoms with Crippen LogP contribution in [0.15, 0.2) is 16.9 Å². The molecule has 0 radical (unpaired) electrons. The molecule has 5 heteroatoms. The Kier molecular flexibility index (Phi) is 5.54. The van der Waals surface area contributed by atoms with Crippen LogP contribution in [0, 0.1) is 13.8 Å². The third kappa shape index (κ3) is 3.72. The molecule has 1 aliphatic heterocycles. The zero-order valence-electron chi connectivity index (χ0n) is 17.3. The minimum atomic E-state index is 0.0849. The molecule has 1 aromatic carbocycles. The van der Waals surface area contributed by atoms with Gasteiger partial charge < -0.3 is 9.72 Å². The maximum atomic E-state index is 12.6. The quantitative estimate of drug-likeness (QED) is 0.870. The lowest BCUT2D eigenvalue weighted by Crippen LogP contribution is -2.36. The first kappa shape index (κ1) is 19.2. The Morgan fingerprint density at radius 1 is 1.18 bits per heavy atom. The van der Waals surface area contributed by atoms with E-state index in [9.17, 15) is 4.79 Å². The third-order valence-corrected chi connectivity index (χ3v) is 6.63. The highest BCUT2D eigenvalue weighted by Crippen LogP contribution is 2.31. The van der Waals surface area contributed by atoms with Gasteiger partial charge in [-0.15, -0.1) is 0 Å². The molecule has 28 heavy (non-hydrogen) atoms. The molecule has 1 fully saturated rings. The fourth-order valence-corrected chi connectivity index (χ4v) is 4.70. The minimum absolute atomic E-state index is 0.0849. The van der Waals surface area contributed by atoms with Crippen molar-refractivity contribution in [3.05, 3.63) is 56.3 Å². The Morgan fingerprint density at radius 3 is 2.71 bits per heavy atom. The monoisotopic (exact) mass is 381 g/mol. The highest BCUT2D eigenvalue weighted by atomic mass is 16.5. The van der Waals surface area contributed by atoms with Gasteiger partial charge in [0.15, 0.2) is 0 Å². The maximum Gasteiger partial charge on any atom is 0.254 e. The fourth-order valence-electron chi connectivity index (χ4n) is 4.70. The Hall–Kier alpha value is -2.14. The molecule has 2 aliphatic rings.